The van der Waals surface area contributed by atoms with E-state index in [1.165, 1.54) is 38.6 Å². The van der Waals surface area contributed by atoms with E-state index in [0.29, 0.717) is 5.84 Å². The average Bonchev–Trinajstić information content (AvgIpc) is 3.79. The maximum Gasteiger partial charge on any atom is 0.131 e. The molecule has 0 saturated heterocycles. The Morgan fingerprint density at radius 1 is 0.394 bits per heavy atom. The number of nitrogens with two attached hydrogens (primary N) is 1. The van der Waals surface area contributed by atoms with E-state index in [4.69, 9.17) is 10.7 Å². The largest absolute Gasteiger partial charge is 0.383 e. The molecule has 1 aliphatic carbocycles. The number of aliphatic imine (C=N–C) groups is 1. The zero-order valence-corrected chi connectivity index (χ0v) is 39.2. The average molecular weight is 908 g/mol. The van der Waals surface area contributed by atoms with Crippen LogP contribution in [0, 0.1) is 0 Å². The third-order valence-corrected chi connectivity index (χ3v) is 13.6. The van der Waals surface area contributed by atoms with Crippen LogP contribution in [0.25, 0.3) is 100.0 Å². The van der Waals surface area contributed by atoms with Crippen molar-refractivity contribution in [3.63, 3.8) is 0 Å². The van der Waals surface area contributed by atoms with Gasteiger partial charge in [-0.3, -0.25) is 0 Å². The normalized spacial score (nSPS) is 13.2. The Labute approximate surface area is 415 Å². The molecule has 0 unspecified atom stereocenters. The summed E-state index contributed by atoms with van der Waals surface area (Å²) in [6, 6.07) is 89.2. The highest BCUT2D eigenvalue weighted by molar-refractivity contribution is 6.26. The topological polar surface area (TPSA) is 43.3 Å². The SMILES string of the molecule is NC(=N/C(=C1/C=CC=CC1)c1ccc(-c2ccccc2)cc1)c1cccc(-c2ccc3c4c(-c5ccccc5)c(-c5ccccc5)c(-c5ccccc5)c(-c5ccccc5)c4n(-c4ccccc4)c3c2)c1. The number of benzene rings is 10. The minimum Gasteiger partial charge on any atom is -0.383 e. The van der Waals surface area contributed by atoms with Gasteiger partial charge in [0.15, 0.2) is 0 Å². The molecule has 0 amide bonds. The second-order valence-electron chi connectivity index (χ2n) is 18.0. The number of allylic oxidation sites excluding steroid dienone is 5. The van der Waals surface area contributed by atoms with Crippen LogP contribution in [0.2, 0.25) is 0 Å². The van der Waals surface area contributed by atoms with Crippen LogP contribution in [-0.2, 0) is 0 Å². The number of rotatable bonds is 10. The maximum atomic E-state index is 7.09. The van der Waals surface area contributed by atoms with Crippen LogP contribution in [0.3, 0.4) is 0 Å². The van der Waals surface area contributed by atoms with Crippen molar-refractivity contribution in [2.24, 2.45) is 10.7 Å². The van der Waals surface area contributed by atoms with Crippen molar-refractivity contribution in [1.82, 2.24) is 4.57 Å². The van der Waals surface area contributed by atoms with Crippen LogP contribution >= 0.6 is 0 Å². The number of hydrogen-bond donors (Lipinski definition) is 1. The summed E-state index contributed by atoms with van der Waals surface area (Å²) in [4.78, 5) is 5.24. The predicted octanol–water partition coefficient (Wildman–Crippen LogP) is 17.4. The zero-order valence-electron chi connectivity index (χ0n) is 39.2. The second kappa shape index (κ2) is 19.0. The molecule has 0 saturated carbocycles. The van der Waals surface area contributed by atoms with Gasteiger partial charge in [-0.2, -0.15) is 0 Å². The van der Waals surface area contributed by atoms with Gasteiger partial charge in [-0.1, -0.05) is 249 Å². The van der Waals surface area contributed by atoms with Crippen LogP contribution in [0.1, 0.15) is 17.5 Å². The van der Waals surface area contributed by atoms with Gasteiger partial charge in [-0.05, 0) is 86.3 Å². The molecular formula is C68H49N3. The second-order valence-corrected chi connectivity index (χ2v) is 18.0. The molecule has 10 aromatic carbocycles. The molecule has 71 heavy (non-hydrogen) atoms. The first kappa shape index (κ1) is 43.0. The minimum atomic E-state index is 0.464. The molecule has 2 N–H and O–H groups in total. The molecule has 12 rings (SSSR count). The molecule has 336 valence electrons. The van der Waals surface area contributed by atoms with Crippen molar-refractivity contribution in [1.29, 1.82) is 0 Å². The van der Waals surface area contributed by atoms with Gasteiger partial charge in [0.05, 0.1) is 16.7 Å². The first-order chi connectivity index (χ1) is 35.2. The zero-order chi connectivity index (χ0) is 47.5. The van der Waals surface area contributed by atoms with Gasteiger partial charge in [0.25, 0.3) is 0 Å². The number of aromatic nitrogens is 1. The lowest BCUT2D eigenvalue weighted by atomic mass is 9.80. The quantitative estimate of drug-likeness (QED) is 0.108. The first-order valence-electron chi connectivity index (χ1n) is 24.3. The molecule has 0 spiro atoms. The summed E-state index contributed by atoms with van der Waals surface area (Å²) < 4.78 is 2.50. The first-order valence-corrected chi connectivity index (χ1v) is 24.3. The fourth-order valence-corrected chi connectivity index (χ4v) is 10.4. The predicted molar refractivity (Wildman–Crippen MR) is 300 cm³/mol. The smallest absolute Gasteiger partial charge is 0.131 e. The van der Waals surface area contributed by atoms with E-state index in [2.05, 4.69) is 272 Å². The molecule has 0 bridgehead atoms. The maximum absolute atomic E-state index is 7.09. The molecule has 0 radical (unpaired) electrons. The molecule has 1 heterocycles. The fraction of sp³-hybridized carbons (Fsp3) is 0.0147. The van der Waals surface area contributed by atoms with Gasteiger partial charge in [0.1, 0.15) is 5.84 Å². The summed E-state index contributed by atoms with van der Waals surface area (Å²) in [6.45, 7) is 0. The molecular weight excluding hydrogens is 859 g/mol. The lowest BCUT2D eigenvalue weighted by Crippen LogP contribution is -2.14. The molecule has 1 aliphatic rings. The van der Waals surface area contributed by atoms with Gasteiger partial charge >= 0.3 is 0 Å². The Hall–Kier alpha value is -9.31. The van der Waals surface area contributed by atoms with Gasteiger partial charge in [-0.25, -0.2) is 4.99 Å². The molecule has 0 fully saturated rings. The Morgan fingerprint density at radius 3 is 1.45 bits per heavy atom. The van der Waals surface area contributed by atoms with Crippen molar-refractivity contribution in [2.75, 3.05) is 0 Å². The van der Waals surface area contributed by atoms with Crippen LogP contribution in [0.5, 0.6) is 0 Å². The highest BCUT2D eigenvalue weighted by Crippen LogP contribution is 2.54. The lowest BCUT2D eigenvalue weighted by molar-refractivity contribution is 1.18. The molecule has 0 aliphatic heterocycles. The van der Waals surface area contributed by atoms with E-state index in [9.17, 15) is 0 Å². The summed E-state index contributed by atoms with van der Waals surface area (Å²) in [7, 11) is 0. The summed E-state index contributed by atoms with van der Waals surface area (Å²) in [5.74, 6) is 0.464. The van der Waals surface area contributed by atoms with Gasteiger partial charge in [0, 0.05) is 44.3 Å². The van der Waals surface area contributed by atoms with Gasteiger partial charge in [-0.15, -0.1) is 0 Å². The Morgan fingerprint density at radius 2 is 0.873 bits per heavy atom. The Bertz CT molecular complexity index is 3830. The highest BCUT2D eigenvalue weighted by Gasteiger charge is 2.29. The standard InChI is InChI=1S/C68H49N3/c69-68(70-66(53-33-18-6-19-34-53)54-41-39-48(40-42-54)47-23-8-1-9-24-47)57-36-22-35-55(45-57)56-43-44-59-60(46-56)71(58-37-20-7-21-38-58)67-64(52-31-16-5-17-32-52)62(50-27-12-3-13-28-50)61(49-25-10-2-11-26-49)63(65(59)67)51-29-14-4-15-30-51/h1-33,35-46H,34H2,(H2,69,70)/b66-53-. The van der Waals surface area contributed by atoms with E-state index in [-0.39, 0.29) is 0 Å². The van der Waals surface area contributed by atoms with E-state index in [1.54, 1.807) is 0 Å². The number of fused-ring (bicyclic) bond motifs is 3. The molecule has 3 nitrogen and oxygen atoms in total. The van der Waals surface area contributed by atoms with Gasteiger partial charge in [0.2, 0.25) is 0 Å². The number of nitrogens with zero attached hydrogens (tertiary/aromatic N) is 2. The molecule has 3 heteroatoms. The third kappa shape index (κ3) is 8.20. The Kier molecular flexibility index (Phi) is 11.5. The Balaban J connectivity index is 1.10. The van der Waals surface area contributed by atoms with Crippen molar-refractivity contribution in [3.8, 4) is 72.4 Å². The van der Waals surface area contributed by atoms with Crippen LogP contribution in [0.4, 0.5) is 0 Å². The van der Waals surface area contributed by atoms with E-state index in [0.717, 1.165) is 84.5 Å². The third-order valence-electron chi connectivity index (χ3n) is 13.6. The van der Waals surface area contributed by atoms with E-state index >= 15 is 0 Å². The number of hydrogen-bond acceptors (Lipinski definition) is 1. The van der Waals surface area contributed by atoms with Crippen LogP contribution < -0.4 is 5.73 Å². The lowest BCUT2D eigenvalue weighted by Gasteiger charge is -2.24. The monoisotopic (exact) mass is 907 g/mol. The summed E-state index contributed by atoms with van der Waals surface area (Å²) >= 11 is 0. The van der Waals surface area contributed by atoms with Crippen LogP contribution in [0.15, 0.2) is 284 Å². The molecule has 11 aromatic rings. The summed E-state index contributed by atoms with van der Waals surface area (Å²) in [6.07, 6.45) is 9.24. The van der Waals surface area contributed by atoms with E-state index < -0.39 is 0 Å². The van der Waals surface area contributed by atoms with Crippen molar-refractivity contribution in [3.05, 3.63) is 290 Å². The summed E-state index contributed by atoms with van der Waals surface area (Å²) in [5.41, 5.74) is 28.2. The fourth-order valence-electron chi connectivity index (χ4n) is 10.4. The number of amidine groups is 1. The van der Waals surface area contributed by atoms with Crippen LogP contribution in [-0.4, -0.2) is 10.4 Å². The van der Waals surface area contributed by atoms with Crippen molar-refractivity contribution < 1.29 is 0 Å². The minimum absolute atomic E-state index is 0.464. The number of para-hydroxylation sites is 1. The summed E-state index contributed by atoms with van der Waals surface area (Å²) in [5, 5.41) is 2.37. The van der Waals surface area contributed by atoms with Crippen molar-refractivity contribution in [2.45, 2.75) is 6.42 Å². The van der Waals surface area contributed by atoms with Crippen molar-refractivity contribution >= 4 is 33.3 Å². The van der Waals surface area contributed by atoms with Gasteiger partial charge < -0.3 is 10.3 Å². The molecule has 0 atom stereocenters. The highest BCUT2D eigenvalue weighted by atomic mass is 15.0. The molecule has 1 aromatic heterocycles. The van der Waals surface area contributed by atoms with E-state index in [1.807, 2.05) is 6.07 Å².